The molecule has 6 nitrogen and oxygen atoms in total. The largest absolute Gasteiger partial charge is 0.277 e. The number of nitrogens with zero attached hydrogens (tertiary/aromatic N) is 3. The van der Waals surface area contributed by atoms with Crippen molar-refractivity contribution in [2.45, 2.75) is 18.1 Å². The average Bonchev–Trinajstić information content (AvgIpc) is 3.09. The van der Waals surface area contributed by atoms with Gasteiger partial charge in [-0.25, -0.2) is 18.1 Å². The number of nitrogens with one attached hydrogen (secondary N) is 1. The van der Waals surface area contributed by atoms with Crippen LogP contribution in [-0.4, -0.2) is 23.2 Å². The number of aryl methyl sites for hydroxylation is 2. The van der Waals surface area contributed by atoms with E-state index in [1.807, 2.05) is 13.0 Å². The maximum absolute atomic E-state index is 12.4. The first-order chi connectivity index (χ1) is 10.5. The topological polar surface area (TPSA) is 76.9 Å². The first-order valence-electron chi connectivity index (χ1n) is 6.53. The third kappa shape index (κ3) is 2.75. The lowest BCUT2D eigenvalue weighted by atomic mass is 10.3. The first kappa shape index (κ1) is 14.7. The zero-order valence-electron chi connectivity index (χ0n) is 12.0. The summed E-state index contributed by atoms with van der Waals surface area (Å²) in [6.07, 6.45) is 0. The van der Waals surface area contributed by atoms with Gasteiger partial charge in [0.2, 0.25) is 0 Å². The van der Waals surface area contributed by atoms with E-state index in [0.717, 1.165) is 0 Å². The molecule has 2 heterocycles. The number of aromatic nitrogens is 3. The maximum Gasteiger partial charge on any atom is 0.271 e. The molecule has 0 unspecified atom stereocenters. The van der Waals surface area contributed by atoms with Crippen LogP contribution >= 0.6 is 11.3 Å². The highest BCUT2D eigenvalue weighted by Gasteiger charge is 2.18. The molecule has 0 atom stereocenters. The predicted octanol–water partition coefficient (Wildman–Crippen LogP) is 2.75. The molecule has 0 radical (unpaired) electrons. The van der Waals surface area contributed by atoms with Crippen LogP contribution in [0.25, 0.3) is 5.69 Å². The van der Waals surface area contributed by atoms with Crippen molar-refractivity contribution >= 4 is 27.0 Å². The van der Waals surface area contributed by atoms with Crippen molar-refractivity contribution in [2.75, 3.05) is 4.72 Å². The molecule has 0 aliphatic rings. The summed E-state index contributed by atoms with van der Waals surface area (Å²) in [6.45, 7) is 3.62. The fourth-order valence-electron chi connectivity index (χ4n) is 2.11. The molecule has 22 heavy (non-hydrogen) atoms. The van der Waals surface area contributed by atoms with Gasteiger partial charge >= 0.3 is 0 Å². The van der Waals surface area contributed by atoms with Gasteiger partial charge < -0.3 is 0 Å². The minimum absolute atomic E-state index is 0.272. The molecule has 8 heteroatoms. The SMILES string of the molecule is Cc1nc(C)n(-c2ccccc2NS(=O)(=O)c2cccs2)n1. The third-order valence-corrected chi connectivity index (χ3v) is 5.77. The van der Waals surface area contributed by atoms with Crippen LogP contribution in [0.3, 0.4) is 0 Å². The number of thiophene rings is 1. The molecule has 0 amide bonds. The maximum atomic E-state index is 12.4. The molecule has 0 spiro atoms. The van der Waals surface area contributed by atoms with Crippen molar-refractivity contribution < 1.29 is 8.42 Å². The first-order valence-corrected chi connectivity index (χ1v) is 8.89. The van der Waals surface area contributed by atoms with E-state index >= 15 is 0 Å². The number of benzene rings is 1. The van der Waals surface area contributed by atoms with E-state index in [4.69, 9.17) is 0 Å². The van der Waals surface area contributed by atoms with Crippen LogP contribution in [0.15, 0.2) is 46.0 Å². The van der Waals surface area contributed by atoms with Crippen molar-refractivity contribution in [1.29, 1.82) is 0 Å². The van der Waals surface area contributed by atoms with Crippen LogP contribution in [0, 0.1) is 13.8 Å². The molecule has 0 saturated carbocycles. The number of hydrogen-bond donors (Lipinski definition) is 1. The molecular formula is C14H14N4O2S2. The second-order valence-electron chi connectivity index (χ2n) is 4.67. The smallest absolute Gasteiger partial charge is 0.271 e. The van der Waals surface area contributed by atoms with Gasteiger partial charge in [-0.1, -0.05) is 18.2 Å². The molecule has 114 valence electrons. The van der Waals surface area contributed by atoms with Crippen LogP contribution in [0.4, 0.5) is 5.69 Å². The Morgan fingerprint density at radius 3 is 2.55 bits per heavy atom. The number of hydrogen-bond acceptors (Lipinski definition) is 5. The van der Waals surface area contributed by atoms with Gasteiger partial charge in [-0.2, -0.15) is 5.10 Å². The lowest BCUT2D eigenvalue weighted by Crippen LogP contribution is -2.14. The third-order valence-electron chi connectivity index (χ3n) is 3.01. The van der Waals surface area contributed by atoms with E-state index in [2.05, 4.69) is 14.8 Å². The molecule has 0 aliphatic heterocycles. The van der Waals surface area contributed by atoms with Crippen molar-refractivity contribution in [3.05, 3.63) is 53.4 Å². The Morgan fingerprint density at radius 1 is 1.14 bits per heavy atom. The minimum atomic E-state index is -3.60. The van der Waals surface area contributed by atoms with E-state index in [0.29, 0.717) is 23.0 Å². The lowest BCUT2D eigenvalue weighted by Gasteiger charge is -2.12. The Kier molecular flexibility index (Phi) is 3.71. The standard InChI is InChI=1S/C14H14N4O2S2/c1-10-15-11(2)18(16-10)13-7-4-3-6-12(13)17-22(19,20)14-8-5-9-21-14/h3-9,17H,1-2H3. The second-order valence-corrected chi connectivity index (χ2v) is 7.53. The summed E-state index contributed by atoms with van der Waals surface area (Å²) in [7, 11) is -3.60. The summed E-state index contributed by atoms with van der Waals surface area (Å²) < 4.78 is 29.3. The molecule has 1 N–H and O–H groups in total. The summed E-state index contributed by atoms with van der Waals surface area (Å²) in [5.41, 5.74) is 1.10. The Balaban J connectivity index is 2.05. The predicted molar refractivity (Wildman–Crippen MR) is 86.0 cm³/mol. The van der Waals surface area contributed by atoms with Crippen molar-refractivity contribution in [3.8, 4) is 5.69 Å². The van der Waals surface area contributed by atoms with Crippen LogP contribution in [0.5, 0.6) is 0 Å². The van der Waals surface area contributed by atoms with Crippen molar-refractivity contribution in [2.24, 2.45) is 0 Å². The molecule has 3 rings (SSSR count). The Morgan fingerprint density at radius 2 is 1.91 bits per heavy atom. The van der Waals surface area contributed by atoms with Crippen LogP contribution in [-0.2, 0) is 10.0 Å². The summed E-state index contributed by atoms with van der Waals surface area (Å²) in [4.78, 5) is 4.25. The number of para-hydroxylation sites is 2. The molecular weight excluding hydrogens is 320 g/mol. The van der Waals surface area contributed by atoms with Crippen LogP contribution in [0.1, 0.15) is 11.6 Å². The van der Waals surface area contributed by atoms with Crippen molar-refractivity contribution in [3.63, 3.8) is 0 Å². The van der Waals surface area contributed by atoms with Crippen LogP contribution in [0.2, 0.25) is 0 Å². The Labute approximate surface area is 132 Å². The summed E-state index contributed by atoms with van der Waals surface area (Å²) in [5, 5.41) is 6.03. The number of sulfonamides is 1. The molecule has 0 bridgehead atoms. The summed E-state index contributed by atoms with van der Waals surface area (Å²) >= 11 is 1.17. The zero-order valence-corrected chi connectivity index (χ0v) is 13.6. The lowest BCUT2D eigenvalue weighted by molar-refractivity contribution is 0.603. The van der Waals surface area contributed by atoms with E-state index in [1.165, 1.54) is 11.3 Å². The van der Waals surface area contributed by atoms with Gasteiger partial charge in [0.25, 0.3) is 10.0 Å². The molecule has 0 fully saturated rings. The monoisotopic (exact) mass is 334 g/mol. The van der Waals surface area contributed by atoms with E-state index in [-0.39, 0.29) is 4.21 Å². The van der Waals surface area contributed by atoms with E-state index in [9.17, 15) is 8.42 Å². The zero-order chi connectivity index (χ0) is 15.7. The number of anilines is 1. The average molecular weight is 334 g/mol. The fraction of sp³-hybridized carbons (Fsp3) is 0.143. The molecule has 2 aromatic heterocycles. The van der Waals surface area contributed by atoms with Gasteiger partial charge in [0.05, 0.1) is 11.4 Å². The summed E-state index contributed by atoms with van der Waals surface area (Å²) in [5.74, 6) is 1.33. The summed E-state index contributed by atoms with van der Waals surface area (Å²) in [6, 6.07) is 10.4. The van der Waals surface area contributed by atoms with Crippen molar-refractivity contribution in [1.82, 2.24) is 14.8 Å². The van der Waals surface area contributed by atoms with Crippen LogP contribution < -0.4 is 4.72 Å². The fourth-order valence-corrected chi connectivity index (χ4v) is 4.17. The van der Waals surface area contributed by atoms with E-state index < -0.39 is 10.0 Å². The normalized spacial score (nSPS) is 11.5. The number of rotatable bonds is 4. The highest BCUT2D eigenvalue weighted by molar-refractivity contribution is 7.94. The van der Waals surface area contributed by atoms with Gasteiger partial charge in [0.15, 0.2) is 0 Å². The van der Waals surface area contributed by atoms with Gasteiger partial charge in [-0.05, 0) is 37.4 Å². The Hall–Kier alpha value is -2.19. The van der Waals surface area contributed by atoms with E-state index in [1.54, 1.807) is 47.3 Å². The highest BCUT2D eigenvalue weighted by Crippen LogP contribution is 2.25. The minimum Gasteiger partial charge on any atom is -0.277 e. The van der Waals surface area contributed by atoms with Gasteiger partial charge in [-0.15, -0.1) is 11.3 Å². The van der Waals surface area contributed by atoms with Gasteiger partial charge in [0, 0.05) is 0 Å². The molecule has 0 saturated heterocycles. The quantitative estimate of drug-likeness (QED) is 0.796. The molecule has 1 aromatic carbocycles. The molecule has 3 aromatic rings. The Bertz CT molecular complexity index is 899. The highest BCUT2D eigenvalue weighted by atomic mass is 32.2. The van der Waals surface area contributed by atoms with Gasteiger partial charge in [0.1, 0.15) is 15.9 Å². The molecule has 0 aliphatic carbocycles. The second kappa shape index (κ2) is 5.54. The van der Waals surface area contributed by atoms with Gasteiger partial charge in [-0.3, -0.25) is 4.72 Å².